The van der Waals surface area contributed by atoms with Crippen LogP contribution in [-0.4, -0.2) is 14.6 Å². The lowest BCUT2D eigenvalue weighted by Crippen LogP contribution is -2.07. The molecule has 2 rings (SSSR count). The zero-order valence-electron chi connectivity index (χ0n) is 12.4. The van der Waals surface area contributed by atoms with E-state index in [1.165, 1.54) is 0 Å². The van der Waals surface area contributed by atoms with Gasteiger partial charge in [0.05, 0.1) is 0 Å². The molecule has 0 radical (unpaired) electrons. The maximum absolute atomic E-state index is 14.0. The number of anilines is 1. The summed E-state index contributed by atoms with van der Waals surface area (Å²) in [4.78, 5) is -0.628. The molecule has 2 N–H and O–H groups in total. The minimum atomic E-state index is -4.19. The summed E-state index contributed by atoms with van der Waals surface area (Å²) >= 11 is 0. The molecule has 0 spiro atoms. The molecule has 4 nitrogen and oxygen atoms in total. The van der Waals surface area contributed by atoms with E-state index < -0.39 is 19.8 Å². The van der Waals surface area contributed by atoms with E-state index in [0.29, 0.717) is 12.2 Å². The van der Waals surface area contributed by atoms with Gasteiger partial charge in [-0.05, 0) is 29.7 Å². The monoisotopic (exact) mass is 354 g/mol. The highest BCUT2D eigenvalue weighted by Gasteiger charge is 2.19. The Labute approximate surface area is 139 Å². The average molecular weight is 355 g/mol. The van der Waals surface area contributed by atoms with Crippen LogP contribution in [0.5, 0.6) is 0 Å². The lowest BCUT2D eigenvalue weighted by Gasteiger charge is -2.13. The Morgan fingerprint density at radius 1 is 1.26 bits per heavy atom. The molecule has 0 aliphatic heterocycles. The number of nitrogens with one attached hydrogen (secondary N) is 2. The number of benzene rings is 2. The quantitative estimate of drug-likeness (QED) is 0.610. The highest BCUT2D eigenvalue weighted by molar-refractivity contribution is 8.13. The third-order valence-electron chi connectivity index (χ3n) is 3.49. The molecule has 0 heterocycles. The van der Waals surface area contributed by atoms with E-state index in [4.69, 9.17) is 16.1 Å². The van der Waals surface area contributed by atoms with Crippen molar-refractivity contribution in [2.24, 2.45) is 0 Å². The first-order chi connectivity index (χ1) is 10.9. The van der Waals surface area contributed by atoms with E-state index in [9.17, 15) is 12.8 Å². The van der Waals surface area contributed by atoms with Gasteiger partial charge in [0.25, 0.3) is 9.05 Å². The van der Waals surface area contributed by atoms with E-state index in [1.54, 1.807) is 0 Å². The summed E-state index contributed by atoms with van der Waals surface area (Å²) < 4.78 is 36.6. The minimum absolute atomic E-state index is 0.250. The Hall–Kier alpha value is -1.92. The molecule has 2 aromatic carbocycles. The standard InChI is InChI=1S/C16H16ClFN2O2S/c1-2-11-5-3-4-6-12(11)10-20-15-8-14(18)16(23(17,21)22)7-13(15)9-19/h3-9,19-20H,2,10H2,1H3. The van der Waals surface area contributed by atoms with Gasteiger partial charge < -0.3 is 10.7 Å². The first kappa shape index (κ1) is 17.4. The molecular weight excluding hydrogens is 339 g/mol. The number of hydrogen-bond donors (Lipinski definition) is 2. The predicted molar refractivity (Wildman–Crippen MR) is 90.5 cm³/mol. The first-order valence-corrected chi connectivity index (χ1v) is 9.27. The van der Waals surface area contributed by atoms with Crippen molar-refractivity contribution in [1.82, 2.24) is 0 Å². The van der Waals surface area contributed by atoms with E-state index in [2.05, 4.69) is 5.32 Å². The van der Waals surface area contributed by atoms with E-state index >= 15 is 0 Å². The van der Waals surface area contributed by atoms with Gasteiger partial charge in [-0.1, -0.05) is 31.2 Å². The van der Waals surface area contributed by atoms with Gasteiger partial charge >= 0.3 is 0 Å². The Morgan fingerprint density at radius 2 is 1.91 bits per heavy atom. The first-order valence-electron chi connectivity index (χ1n) is 6.96. The molecule has 0 aliphatic carbocycles. The number of halogens is 2. The van der Waals surface area contributed by atoms with E-state index in [0.717, 1.165) is 35.9 Å². The molecule has 0 unspecified atom stereocenters. The topological polar surface area (TPSA) is 70.0 Å². The molecule has 0 saturated heterocycles. The van der Waals surface area contributed by atoms with Gasteiger partial charge in [0.15, 0.2) is 0 Å². The van der Waals surface area contributed by atoms with Crippen molar-refractivity contribution in [3.63, 3.8) is 0 Å². The largest absolute Gasteiger partial charge is 0.380 e. The fraction of sp³-hybridized carbons (Fsp3) is 0.188. The van der Waals surface area contributed by atoms with Crippen LogP contribution in [0.2, 0.25) is 0 Å². The van der Waals surface area contributed by atoms with E-state index in [1.807, 2.05) is 31.2 Å². The normalized spacial score (nSPS) is 11.3. The molecule has 0 aromatic heterocycles. The molecular formula is C16H16ClFN2O2S. The highest BCUT2D eigenvalue weighted by atomic mass is 35.7. The second kappa shape index (κ2) is 7.10. The number of aryl methyl sites for hydroxylation is 1. The number of rotatable bonds is 6. The van der Waals surface area contributed by atoms with Crippen LogP contribution in [-0.2, 0) is 22.0 Å². The van der Waals surface area contributed by atoms with Crippen molar-refractivity contribution >= 4 is 31.6 Å². The molecule has 0 aliphatic rings. The lowest BCUT2D eigenvalue weighted by atomic mass is 10.1. The van der Waals surface area contributed by atoms with Crippen LogP contribution in [0.3, 0.4) is 0 Å². The molecule has 0 fully saturated rings. The van der Waals surface area contributed by atoms with Crippen LogP contribution < -0.4 is 5.32 Å². The number of hydrogen-bond acceptors (Lipinski definition) is 4. The Morgan fingerprint density at radius 3 is 2.48 bits per heavy atom. The smallest absolute Gasteiger partial charge is 0.264 e. The van der Waals surface area contributed by atoms with Crippen molar-refractivity contribution in [3.8, 4) is 0 Å². The zero-order valence-corrected chi connectivity index (χ0v) is 14.0. The van der Waals surface area contributed by atoms with Gasteiger partial charge in [-0.3, -0.25) is 0 Å². The molecule has 122 valence electrons. The van der Waals surface area contributed by atoms with Crippen LogP contribution in [0.25, 0.3) is 0 Å². The summed E-state index contributed by atoms with van der Waals surface area (Å²) in [6.45, 7) is 2.49. The van der Waals surface area contributed by atoms with E-state index in [-0.39, 0.29) is 5.56 Å². The van der Waals surface area contributed by atoms with Gasteiger partial charge in [-0.15, -0.1) is 0 Å². The molecule has 2 aromatic rings. The van der Waals surface area contributed by atoms with Crippen LogP contribution in [0.1, 0.15) is 23.6 Å². The Balaban J connectivity index is 2.33. The fourth-order valence-electron chi connectivity index (χ4n) is 2.29. The lowest BCUT2D eigenvalue weighted by molar-refractivity contribution is 0.576. The van der Waals surface area contributed by atoms with Gasteiger partial charge in [0, 0.05) is 34.7 Å². The molecule has 0 bridgehead atoms. The summed E-state index contributed by atoms with van der Waals surface area (Å²) in [5.41, 5.74) is 2.81. The zero-order chi connectivity index (χ0) is 17.0. The van der Waals surface area contributed by atoms with Crippen LogP contribution in [0, 0.1) is 11.2 Å². The van der Waals surface area contributed by atoms with Crippen LogP contribution in [0.15, 0.2) is 41.3 Å². The minimum Gasteiger partial charge on any atom is -0.380 e. The van der Waals surface area contributed by atoms with Gasteiger partial charge in [-0.2, -0.15) is 0 Å². The molecule has 0 atom stereocenters. The summed E-state index contributed by atoms with van der Waals surface area (Å²) in [6, 6.07) is 9.94. The molecule has 23 heavy (non-hydrogen) atoms. The molecule has 0 saturated carbocycles. The summed E-state index contributed by atoms with van der Waals surface area (Å²) in [7, 11) is 1.000. The van der Waals surface area contributed by atoms with Crippen molar-refractivity contribution in [1.29, 1.82) is 5.41 Å². The van der Waals surface area contributed by atoms with Crippen molar-refractivity contribution in [2.45, 2.75) is 24.8 Å². The third-order valence-corrected chi connectivity index (χ3v) is 4.83. The van der Waals surface area contributed by atoms with Crippen LogP contribution in [0.4, 0.5) is 10.1 Å². The average Bonchev–Trinajstić information content (AvgIpc) is 2.52. The predicted octanol–water partition coefficient (Wildman–Crippen LogP) is 3.93. The van der Waals surface area contributed by atoms with Gasteiger partial charge in [0.1, 0.15) is 10.7 Å². The second-order valence-corrected chi connectivity index (χ2v) is 7.46. The highest BCUT2D eigenvalue weighted by Crippen LogP contribution is 2.26. The fourth-order valence-corrected chi connectivity index (χ4v) is 3.21. The second-order valence-electron chi connectivity index (χ2n) is 4.93. The maximum atomic E-state index is 14.0. The van der Waals surface area contributed by atoms with Crippen molar-refractivity contribution in [2.75, 3.05) is 5.32 Å². The summed E-state index contributed by atoms with van der Waals surface area (Å²) in [5.74, 6) is -0.947. The summed E-state index contributed by atoms with van der Waals surface area (Å²) in [6.07, 6.45) is 1.83. The molecule has 0 amide bonds. The van der Waals surface area contributed by atoms with Crippen molar-refractivity contribution in [3.05, 3.63) is 58.9 Å². The van der Waals surface area contributed by atoms with Gasteiger partial charge in [-0.25, -0.2) is 12.8 Å². The Bertz CT molecular complexity index is 838. The SMILES string of the molecule is CCc1ccccc1CNc1cc(F)c(S(=O)(=O)Cl)cc1C=N. The van der Waals surface area contributed by atoms with Gasteiger partial charge in [0.2, 0.25) is 0 Å². The third kappa shape index (κ3) is 4.09. The Kier molecular flexibility index (Phi) is 5.38. The molecule has 7 heteroatoms. The van der Waals surface area contributed by atoms with Crippen molar-refractivity contribution < 1.29 is 12.8 Å². The summed E-state index contributed by atoms with van der Waals surface area (Å²) in [5, 5.41) is 10.4. The van der Waals surface area contributed by atoms with Crippen LogP contribution >= 0.6 is 10.7 Å². The maximum Gasteiger partial charge on any atom is 0.264 e.